The first-order valence-corrected chi connectivity index (χ1v) is 7.33. The second-order valence-electron chi connectivity index (χ2n) is 5.38. The summed E-state index contributed by atoms with van der Waals surface area (Å²) in [5.74, 6) is 8.79. The molecule has 1 aromatic heterocycles. The van der Waals surface area contributed by atoms with E-state index >= 15 is 0 Å². The Morgan fingerprint density at radius 3 is 2.52 bits per heavy atom. The second-order valence-corrected chi connectivity index (χ2v) is 5.38. The van der Waals surface area contributed by atoms with Crippen molar-refractivity contribution < 1.29 is 4.74 Å². The number of hydrogen-bond acceptors (Lipinski definition) is 5. The van der Waals surface area contributed by atoms with Crippen LogP contribution in [0.15, 0.2) is 24.3 Å². The van der Waals surface area contributed by atoms with Crippen molar-refractivity contribution >= 4 is 5.82 Å². The number of nitrogens with two attached hydrogens (primary N) is 1. The van der Waals surface area contributed by atoms with E-state index < -0.39 is 0 Å². The monoisotopic (exact) mass is 284 g/mol. The molecule has 3 rings (SSSR count). The summed E-state index contributed by atoms with van der Waals surface area (Å²) in [6.07, 6.45) is 3.29. The molecule has 110 valence electrons. The van der Waals surface area contributed by atoms with Crippen molar-refractivity contribution in [2.75, 3.05) is 5.43 Å². The van der Waals surface area contributed by atoms with E-state index in [1.807, 2.05) is 19.1 Å². The van der Waals surface area contributed by atoms with Gasteiger partial charge in [0.05, 0.1) is 5.56 Å². The third-order valence-electron chi connectivity index (χ3n) is 3.74. The molecule has 1 saturated carbocycles. The van der Waals surface area contributed by atoms with Gasteiger partial charge in [0, 0.05) is 5.92 Å². The zero-order valence-electron chi connectivity index (χ0n) is 12.4. The number of hydrogen-bond donors (Lipinski definition) is 2. The summed E-state index contributed by atoms with van der Waals surface area (Å²) in [5, 5.41) is 0. The Labute approximate surface area is 124 Å². The van der Waals surface area contributed by atoms with Crippen LogP contribution in [0, 0.1) is 6.92 Å². The van der Waals surface area contributed by atoms with Crippen molar-refractivity contribution in [3.05, 3.63) is 41.2 Å². The van der Waals surface area contributed by atoms with E-state index in [9.17, 15) is 0 Å². The average Bonchev–Trinajstić information content (AvgIpc) is 3.35. The van der Waals surface area contributed by atoms with Crippen LogP contribution in [0.1, 0.15) is 42.6 Å². The Hall–Kier alpha value is -2.14. The van der Waals surface area contributed by atoms with Gasteiger partial charge in [-0.05, 0) is 43.9 Å². The zero-order valence-corrected chi connectivity index (χ0v) is 12.4. The van der Waals surface area contributed by atoms with E-state index in [2.05, 4.69) is 34.5 Å². The van der Waals surface area contributed by atoms with E-state index in [4.69, 9.17) is 10.6 Å². The molecule has 0 unspecified atom stereocenters. The molecule has 5 heteroatoms. The van der Waals surface area contributed by atoms with Gasteiger partial charge in [-0.15, -0.1) is 0 Å². The Balaban J connectivity index is 1.90. The number of rotatable bonds is 5. The first-order chi connectivity index (χ1) is 10.2. The fourth-order valence-electron chi connectivity index (χ4n) is 2.18. The van der Waals surface area contributed by atoms with E-state index in [1.54, 1.807) is 0 Å². The number of ether oxygens (including phenoxy) is 1. The lowest BCUT2D eigenvalue weighted by Crippen LogP contribution is -2.13. The molecule has 0 bridgehead atoms. The van der Waals surface area contributed by atoms with Crippen molar-refractivity contribution in [3.63, 3.8) is 0 Å². The van der Waals surface area contributed by atoms with Gasteiger partial charge in [-0.2, -0.15) is 4.98 Å². The number of nitrogen functional groups attached to an aromatic ring is 1. The van der Waals surface area contributed by atoms with Crippen molar-refractivity contribution in [1.82, 2.24) is 9.97 Å². The van der Waals surface area contributed by atoms with Crippen LogP contribution in [0.4, 0.5) is 5.82 Å². The molecule has 5 nitrogen and oxygen atoms in total. The smallest absolute Gasteiger partial charge is 0.227 e. The Morgan fingerprint density at radius 2 is 1.95 bits per heavy atom. The molecule has 1 aliphatic rings. The van der Waals surface area contributed by atoms with Crippen LogP contribution in [-0.4, -0.2) is 9.97 Å². The summed E-state index contributed by atoms with van der Waals surface area (Å²) in [4.78, 5) is 9.01. The number of aryl methyl sites for hydroxylation is 1. The van der Waals surface area contributed by atoms with Gasteiger partial charge in [-0.3, -0.25) is 0 Å². The molecule has 0 aliphatic heterocycles. The molecule has 0 atom stereocenters. The molecule has 0 amide bonds. The fourth-order valence-corrected chi connectivity index (χ4v) is 2.18. The van der Waals surface area contributed by atoms with Gasteiger partial charge in [-0.1, -0.05) is 19.1 Å². The topological polar surface area (TPSA) is 73.1 Å². The lowest BCUT2D eigenvalue weighted by atomic mass is 10.2. The van der Waals surface area contributed by atoms with Crippen molar-refractivity contribution in [2.24, 2.45) is 5.84 Å². The number of benzene rings is 1. The third-order valence-corrected chi connectivity index (χ3v) is 3.74. The highest BCUT2D eigenvalue weighted by Crippen LogP contribution is 2.40. The first-order valence-electron chi connectivity index (χ1n) is 7.33. The van der Waals surface area contributed by atoms with Crippen LogP contribution in [0.5, 0.6) is 11.6 Å². The molecule has 1 aliphatic carbocycles. The molecule has 1 fully saturated rings. The average molecular weight is 284 g/mol. The van der Waals surface area contributed by atoms with Crippen LogP contribution in [-0.2, 0) is 6.42 Å². The van der Waals surface area contributed by atoms with Gasteiger partial charge in [0.2, 0.25) is 5.88 Å². The van der Waals surface area contributed by atoms with Crippen molar-refractivity contribution in [3.8, 4) is 11.6 Å². The van der Waals surface area contributed by atoms with E-state index in [0.29, 0.717) is 17.6 Å². The molecular weight excluding hydrogens is 264 g/mol. The predicted molar refractivity (Wildman–Crippen MR) is 82.4 cm³/mol. The minimum atomic E-state index is 0.447. The van der Waals surface area contributed by atoms with Gasteiger partial charge < -0.3 is 10.2 Å². The minimum Gasteiger partial charge on any atom is -0.439 e. The molecule has 0 radical (unpaired) electrons. The summed E-state index contributed by atoms with van der Waals surface area (Å²) >= 11 is 0. The molecule has 0 saturated heterocycles. The standard InChI is InChI=1S/C16H20N4O/c1-3-11-4-8-13(9-5-11)21-16-10(2)14(20-17)18-15(19-16)12-6-7-12/h4-5,8-9,12H,3,6-7,17H2,1-2H3,(H,18,19,20). The molecule has 0 spiro atoms. The second kappa shape index (κ2) is 5.69. The number of hydrazine groups is 1. The van der Waals surface area contributed by atoms with Crippen molar-refractivity contribution in [1.29, 1.82) is 0 Å². The lowest BCUT2D eigenvalue weighted by molar-refractivity contribution is 0.454. The van der Waals surface area contributed by atoms with Gasteiger partial charge in [0.25, 0.3) is 0 Å². The van der Waals surface area contributed by atoms with E-state index in [-0.39, 0.29) is 0 Å². The highest BCUT2D eigenvalue weighted by molar-refractivity contribution is 5.49. The van der Waals surface area contributed by atoms with Crippen molar-refractivity contribution in [2.45, 2.75) is 39.0 Å². The van der Waals surface area contributed by atoms with Crippen LogP contribution in [0.2, 0.25) is 0 Å². The Kier molecular flexibility index (Phi) is 3.75. The van der Waals surface area contributed by atoms with Gasteiger partial charge in [0.15, 0.2) is 5.82 Å². The van der Waals surface area contributed by atoms with Crippen LogP contribution in [0.3, 0.4) is 0 Å². The Bertz CT molecular complexity index is 635. The van der Waals surface area contributed by atoms with Crippen LogP contribution < -0.4 is 16.0 Å². The lowest BCUT2D eigenvalue weighted by Gasteiger charge is -2.12. The minimum absolute atomic E-state index is 0.447. The molecule has 2 aromatic rings. The molecular formula is C16H20N4O. The van der Waals surface area contributed by atoms with E-state index in [1.165, 1.54) is 5.56 Å². The third kappa shape index (κ3) is 2.97. The molecule has 3 N–H and O–H groups in total. The maximum Gasteiger partial charge on any atom is 0.227 e. The first kappa shape index (κ1) is 13.8. The summed E-state index contributed by atoms with van der Waals surface area (Å²) in [5.41, 5.74) is 4.73. The van der Waals surface area contributed by atoms with Crippen LogP contribution >= 0.6 is 0 Å². The normalized spacial score (nSPS) is 14.0. The number of nitrogens with zero attached hydrogens (tertiary/aromatic N) is 2. The van der Waals surface area contributed by atoms with Crippen LogP contribution in [0.25, 0.3) is 0 Å². The summed E-state index contributed by atoms with van der Waals surface area (Å²) in [7, 11) is 0. The molecule has 1 aromatic carbocycles. The zero-order chi connectivity index (χ0) is 14.8. The van der Waals surface area contributed by atoms with Gasteiger partial charge >= 0.3 is 0 Å². The highest BCUT2D eigenvalue weighted by atomic mass is 16.5. The number of aromatic nitrogens is 2. The SMILES string of the molecule is CCc1ccc(Oc2nc(C3CC3)nc(NN)c2C)cc1. The quantitative estimate of drug-likeness (QED) is 0.651. The summed E-state index contributed by atoms with van der Waals surface area (Å²) in [6.45, 7) is 4.03. The molecule has 1 heterocycles. The maximum atomic E-state index is 5.92. The maximum absolute atomic E-state index is 5.92. The number of nitrogens with one attached hydrogen (secondary N) is 1. The van der Waals surface area contributed by atoms with Gasteiger partial charge in [-0.25, -0.2) is 10.8 Å². The van der Waals surface area contributed by atoms with E-state index in [0.717, 1.165) is 36.4 Å². The summed E-state index contributed by atoms with van der Waals surface area (Å²) in [6, 6.07) is 8.06. The van der Waals surface area contributed by atoms with Gasteiger partial charge in [0.1, 0.15) is 11.6 Å². The largest absolute Gasteiger partial charge is 0.439 e. The Morgan fingerprint density at radius 1 is 1.24 bits per heavy atom. The molecule has 21 heavy (non-hydrogen) atoms. The summed E-state index contributed by atoms with van der Waals surface area (Å²) < 4.78 is 5.92. The number of anilines is 1. The predicted octanol–water partition coefficient (Wildman–Crippen LogP) is 3.30. The fraction of sp³-hybridized carbons (Fsp3) is 0.375. The highest BCUT2D eigenvalue weighted by Gasteiger charge is 2.28.